The summed E-state index contributed by atoms with van der Waals surface area (Å²) in [4.78, 5) is 21.5. The summed E-state index contributed by atoms with van der Waals surface area (Å²) in [7, 11) is 0. The van der Waals surface area contributed by atoms with Gasteiger partial charge in [0.25, 0.3) is 5.91 Å². The molecule has 0 radical (unpaired) electrons. The molecule has 0 aliphatic carbocycles. The number of aromatic nitrogens is 2. The molecule has 0 bridgehead atoms. The summed E-state index contributed by atoms with van der Waals surface area (Å²) >= 11 is 0. The lowest BCUT2D eigenvalue weighted by Gasteiger charge is -2.21. The highest BCUT2D eigenvalue weighted by Crippen LogP contribution is 2.18. The van der Waals surface area contributed by atoms with Gasteiger partial charge in [0.15, 0.2) is 0 Å². The van der Waals surface area contributed by atoms with Gasteiger partial charge in [-0.15, -0.1) is 0 Å². The Kier molecular flexibility index (Phi) is 4.53. The summed E-state index contributed by atoms with van der Waals surface area (Å²) in [6, 6.07) is 5.93. The van der Waals surface area contributed by atoms with Gasteiger partial charge in [-0.3, -0.25) is 9.69 Å². The highest BCUT2D eigenvalue weighted by atomic mass is 19.1. The van der Waals surface area contributed by atoms with Crippen molar-refractivity contribution in [3.8, 4) is 0 Å². The largest absolute Gasteiger partial charge is 0.336 e. The zero-order valence-corrected chi connectivity index (χ0v) is 14.3. The molecule has 0 spiro atoms. The lowest BCUT2D eigenvalue weighted by molar-refractivity contribution is 0.0758. The normalized spacial score (nSPS) is 18.2. The van der Waals surface area contributed by atoms with Crippen LogP contribution in [0.4, 0.5) is 4.39 Å². The number of nitrogens with zero attached hydrogens (tertiary/aromatic N) is 4. The maximum absolute atomic E-state index is 13.4. The molecule has 0 N–H and O–H groups in total. The van der Waals surface area contributed by atoms with Crippen LogP contribution in [-0.2, 0) is 19.5 Å². The van der Waals surface area contributed by atoms with E-state index < -0.39 is 0 Å². The molecular formula is C19H23FN4O. The van der Waals surface area contributed by atoms with Crippen molar-refractivity contribution in [1.82, 2.24) is 19.4 Å². The summed E-state index contributed by atoms with van der Waals surface area (Å²) in [6.45, 7) is 5.25. The predicted octanol–water partition coefficient (Wildman–Crippen LogP) is 2.32. The van der Waals surface area contributed by atoms with Crippen molar-refractivity contribution in [2.45, 2.75) is 32.4 Å². The highest BCUT2D eigenvalue weighted by Gasteiger charge is 2.23. The van der Waals surface area contributed by atoms with E-state index in [2.05, 4.69) is 14.5 Å². The summed E-state index contributed by atoms with van der Waals surface area (Å²) in [5, 5.41) is 0. The second kappa shape index (κ2) is 6.96. The van der Waals surface area contributed by atoms with Crippen LogP contribution in [0.25, 0.3) is 0 Å². The minimum absolute atomic E-state index is 0.105. The molecule has 0 unspecified atom stereocenters. The summed E-state index contributed by atoms with van der Waals surface area (Å²) in [5.74, 6) is 0.566. The Bertz CT molecular complexity index is 767. The summed E-state index contributed by atoms with van der Waals surface area (Å²) < 4.78 is 15.7. The number of fused-ring (bicyclic) bond motifs is 1. The van der Waals surface area contributed by atoms with Gasteiger partial charge in [-0.2, -0.15) is 0 Å². The van der Waals surface area contributed by atoms with Crippen molar-refractivity contribution in [3.05, 3.63) is 53.4 Å². The maximum Gasteiger partial charge on any atom is 0.254 e. The minimum atomic E-state index is -0.374. The molecule has 1 saturated heterocycles. The van der Waals surface area contributed by atoms with Crippen molar-refractivity contribution >= 4 is 5.91 Å². The molecule has 3 heterocycles. The smallest absolute Gasteiger partial charge is 0.254 e. The lowest BCUT2D eigenvalue weighted by Crippen LogP contribution is -2.33. The van der Waals surface area contributed by atoms with E-state index in [-0.39, 0.29) is 11.7 Å². The number of halogens is 1. The summed E-state index contributed by atoms with van der Waals surface area (Å²) in [6.07, 6.45) is 5.27. The van der Waals surface area contributed by atoms with Crippen LogP contribution in [0, 0.1) is 5.82 Å². The van der Waals surface area contributed by atoms with Crippen LogP contribution < -0.4 is 0 Å². The van der Waals surface area contributed by atoms with Crippen LogP contribution in [0.3, 0.4) is 0 Å². The van der Waals surface area contributed by atoms with Gasteiger partial charge in [0.2, 0.25) is 0 Å². The number of rotatable bonds is 3. The number of benzene rings is 1. The molecule has 6 heteroatoms. The third-order valence-electron chi connectivity index (χ3n) is 5.16. The van der Waals surface area contributed by atoms with E-state index in [1.165, 1.54) is 30.7 Å². The topological polar surface area (TPSA) is 41.4 Å². The maximum atomic E-state index is 13.4. The molecule has 0 atom stereocenters. The van der Waals surface area contributed by atoms with Gasteiger partial charge in [-0.1, -0.05) is 6.07 Å². The van der Waals surface area contributed by atoms with E-state index in [4.69, 9.17) is 0 Å². The molecule has 2 aromatic rings. The van der Waals surface area contributed by atoms with E-state index >= 15 is 0 Å². The molecule has 132 valence electrons. The Balaban J connectivity index is 1.46. The van der Waals surface area contributed by atoms with E-state index in [0.29, 0.717) is 18.7 Å². The number of hydrogen-bond acceptors (Lipinski definition) is 3. The third kappa shape index (κ3) is 3.44. The number of carbonyl (C=O) groups excluding carboxylic acids is 1. The first-order chi connectivity index (χ1) is 12.2. The van der Waals surface area contributed by atoms with Crippen LogP contribution in [0.5, 0.6) is 0 Å². The summed E-state index contributed by atoms with van der Waals surface area (Å²) in [5.41, 5.74) is 1.65. The van der Waals surface area contributed by atoms with Gasteiger partial charge in [0, 0.05) is 44.4 Å². The minimum Gasteiger partial charge on any atom is -0.336 e. The molecule has 0 saturated carbocycles. The van der Waals surface area contributed by atoms with Gasteiger partial charge >= 0.3 is 0 Å². The Labute approximate surface area is 147 Å². The van der Waals surface area contributed by atoms with Crippen LogP contribution in [0.1, 0.15) is 34.7 Å². The first kappa shape index (κ1) is 16.3. The SMILES string of the molecule is O=C(c1cccc(F)c1)N1CCc2ncc(CN3CCCC3)n2CC1. The molecule has 25 heavy (non-hydrogen) atoms. The number of hydrogen-bond donors (Lipinski definition) is 0. The van der Waals surface area contributed by atoms with Gasteiger partial charge in [-0.25, -0.2) is 9.37 Å². The van der Waals surface area contributed by atoms with Crippen LogP contribution >= 0.6 is 0 Å². The van der Waals surface area contributed by atoms with Gasteiger partial charge < -0.3 is 9.47 Å². The van der Waals surface area contributed by atoms with Gasteiger partial charge in [-0.05, 0) is 44.1 Å². The molecule has 4 rings (SSSR count). The molecule has 2 aliphatic heterocycles. The van der Waals surface area contributed by atoms with Crippen LogP contribution in [0.2, 0.25) is 0 Å². The van der Waals surface area contributed by atoms with Crippen molar-refractivity contribution in [2.24, 2.45) is 0 Å². The quantitative estimate of drug-likeness (QED) is 0.860. The van der Waals surface area contributed by atoms with Crippen molar-refractivity contribution in [1.29, 1.82) is 0 Å². The van der Waals surface area contributed by atoms with Crippen LogP contribution in [0.15, 0.2) is 30.5 Å². The van der Waals surface area contributed by atoms with E-state index in [1.54, 1.807) is 12.1 Å². The number of carbonyl (C=O) groups is 1. The fourth-order valence-corrected chi connectivity index (χ4v) is 3.80. The molecule has 2 aliphatic rings. The highest BCUT2D eigenvalue weighted by molar-refractivity contribution is 5.94. The van der Waals surface area contributed by atoms with E-state index in [1.807, 2.05) is 11.1 Å². The monoisotopic (exact) mass is 342 g/mol. The Morgan fingerprint density at radius 3 is 2.76 bits per heavy atom. The average Bonchev–Trinajstić information content (AvgIpc) is 3.20. The standard InChI is InChI=1S/C19H23FN4O/c20-16-5-3-4-15(12-16)19(25)23-9-6-18-21-13-17(24(18)11-10-23)14-22-7-1-2-8-22/h3-5,12-13H,1-2,6-11,14H2. The van der Waals surface area contributed by atoms with Crippen molar-refractivity contribution < 1.29 is 9.18 Å². The molecule has 1 fully saturated rings. The Hall–Kier alpha value is -2.21. The van der Waals surface area contributed by atoms with Gasteiger partial charge in [0.1, 0.15) is 11.6 Å². The lowest BCUT2D eigenvalue weighted by atomic mass is 10.2. The van der Waals surface area contributed by atoms with Crippen LogP contribution in [-0.4, -0.2) is 51.4 Å². The Morgan fingerprint density at radius 1 is 1.12 bits per heavy atom. The fourth-order valence-electron chi connectivity index (χ4n) is 3.80. The number of amides is 1. The number of likely N-dealkylation sites (tertiary alicyclic amines) is 1. The number of imidazole rings is 1. The van der Waals surface area contributed by atoms with E-state index in [0.717, 1.165) is 38.4 Å². The molecule has 5 nitrogen and oxygen atoms in total. The second-order valence-corrected chi connectivity index (χ2v) is 6.85. The third-order valence-corrected chi connectivity index (χ3v) is 5.16. The fraction of sp³-hybridized carbons (Fsp3) is 0.474. The second-order valence-electron chi connectivity index (χ2n) is 6.85. The first-order valence-corrected chi connectivity index (χ1v) is 9.01. The van der Waals surface area contributed by atoms with Crippen molar-refractivity contribution in [3.63, 3.8) is 0 Å². The first-order valence-electron chi connectivity index (χ1n) is 9.01. The molecular weight excluding hydrogens is 319 g/mol. The predicted molar refractivity (Wildman–Crippen MR) is 92.7 cm³/mol. The van der Waals surface area contributed by atoms with Gasteiger partial charge in [0.05, 0.1) is 5.69 Å². The van der Waals surface area contributed by atoms with Crippen molar-refractivity contribution in [2.75, 3.05) is 26.2 Å². The molecule has 1 aromatic carbocycles. The van der Waals surface area contributed by atoms with E-state index in [9.17, 15) is 9.18 Å². The zero-order valence-electron chi connectivity index (χ0n) is 14.3. The Morgan fingerprint density at radius 2 is 1.96 bits per heavy atom. The molecule has 1 amide bonds. The molecule has 1 aromatic heterocycles. The zero-order chi connectivity index (χ0) is 17.2. The average molecular weight is 342 g/mol.